The summed E-state index contributed by atoms with van der Waals surface area (Å²) in [6.45, 7) is 5.67. The molecule has 2 aromatic heterocycles. The molecular weight excluding hydrogens is 242 g/mol. The molecule has 2 aromatic rings. The highest BCUT2D eigenvalue weighted by Gasteiger charge is 2.15. The van der Waals surface area contributed by atoms with E-state index in [2.05, 4.69) is 10.3 Å². The summed E-state index contributed by atoms with van der Waals surface area (Å²) in [5.41, 5.74) is 0.508. The van der Waals surface area contributed by atoms with Gasteiger partial charge in [0.2, 0.25) is 0 Å². The van der Waals surface area contributed by atoms with Crippen LogP contribution in [0, 0.1) is 0 Å². The first-order valence-electron chi connectivity index (χ1n) is 6.02. The van der Waals surface area contributed by atoms with Crippen LogP contribution in [0.25, 0.3) is 5.69 Å². The van der Waals surface area contributed by atoms with Crippen molar-refractivity contribution in [2.24, 2.45) is 0 Å². The predicted octanol–water partition coefficient (Wildman–Crippen LogP) is 2.76. The molecule has 0 saturated carbocycles. The number of pyridine rings is 1. The van der Waals surface area contributed by atoms with Gasteiger partial charge in [-0.3, -0.25) is 4.98 Å². The molecule has 2 heterocycles. The standard InChI is InChI=1S/C14H17N3O2/c1-14(2,3)16-13(18)19-12-8-11(9-15-10-12)17-6-4-5-7-17/h4-10H,1-3H3,(H,16,18). The third-order valence-electron chi connectivity index (χ3n) is 2.29. The number of carbonyl (C=O) groups is 1. The topological polar surface area (TPSA) is 56.1 Å². The van der Waals surface area contributed by atoms with E-state index in [0.29, 0.717) is 5.75 Å². The highest BCUT2D eigenvalue weighted by molar-refractivity contribution is 5.71. The Morgan fingerprint density at radius 3 is 2.58 bits per heavy atom. The average molecular weight is 259 g/mol. The smallest absolute Gasteiger partial charge is 0.409 e. The minimum absolute atomic E-state index is 0.331. The van der Waals surface area contributed by atoms with E-state index < -0.39 is 6.09 Å². The van der Waals surface area contributed by atoms with E-state index >= 15 is 0 Å². The Morgan fingerprint density at radius 2 is 1.95 bits per heavy atom. The van der Waals surface area contributed by atoms with E-state index in [1.165, 1.54) is 6.20 Å². The molecule has 5 heteroatoms. The van der Waals surface area contributed by atoms with Gasteiger partial charge in [0, 0.05) is 24.0 Å². The van der Waals surface area contributed by atoms with E-state index in [1.807, 2.05) is 49.9 Å². The lowest BCUT2D eigenvalue weighted by Crippen LogP contribution is -2.42. The molecule has 0 aliphatic heterocycles. The average Bonchev–Trinajstić information content (AvgIpc) is 2.79. The van der Waals surface area contributed by atoms with Crippen molar-refractivity contribution in [3.8, 4) is 11.4 Å². The summed E-state index contributed by atoms with van der Waals surface area (Å²) in [5, 5.41) is 2.73. The summed E-state index contributed by atoms with van der Waals surface area (Å²) in [4.78, 5) is 15.7. The molecule has 2 rings (SSSR count). The normalized spacial score (nSPS) is 11.1. The number of hydrogen-bond donors (Lipinski definition) is 1. The van der Waals surface area contributed by atoms with Gasteiger partial charge in [-0.1, -0.05) is 0 Å². The molecule has 19 heavy (non-hydrogen) atoms. The molecule has 0 spiro atoms. The van der Waals surface area contributed by atoms with Gasteiger partial charge in [0.25, 0.3) is 0 Å². The number of aromatic nitrogens is 2. The molecule has 1 amide bonds. The molecule has 0 radical (unpaired) electrons. The van der Waals surface area contributed by atoms with Crippen molar-refractivity contribution >= 4 is 6.09 Å². The molecule has 0 aliphatic carbocycles. The van der Waals surface area contributed by atoms with Crippen LogP contribution < -0.4 is 10.1 Å². The van der Waals surface area contributed by atoms with Crippen molar-refractivity contribution in [2.45, 2.75) is 26.3 Å². The largest absolute Gasteiger partial charge is 0.413 e. The molecular formula is C14H17N3O2. The lowest BCUT2D eigenvalue weighted by molar-refractivity contribution is 0.190. The van der Waals surface area contributed by atoms with Crippen molar-refractivity contribution in [2.75, 3.05) is 0 Å². The Bertz CT molecular complexity index is 556. The number of carbonyl (C=O) groups excluding carboxylic acids is 1. The molecule has 0 unspecified atom stereocenters. The molecule has 0 bridgehead atoms. The van der Waals surface area contributed by atoms with E-state index in [4.69, 9.17) is 4.74 Å². The van der Waals surface area contributed by atoms with Gasteiger partial charge in [0.1, 0.15) is 0 Å². The van der Waals surface area contributed by atoms with Crippen molar-refractivity contribution < 1.29 is 9.53 Å². The van der Waals surface area contributed by atoms with E-state index in [9.17, 15) is 4.79 Å². The first-order valence-corrected chi connectivity index (χ1v) is 6.02. The molecule has 5 nitrogen and oxygen atoms in total. The second-order valence-electron chi connectivity index (χ2n) is 5.23. The van der Waals surface area contributed by atoms with Crippen LogP contribution in [-0.4, -0.2) is 21.2 Å². The Hall–Kier alpha value is -2.30. The number of ether oxygens (including phenoxy) is 1. The maximum absolute atomic E-state index is 11.7. The third-order valence-corrected chi connectivity index (χ3v) is 2.29. The van der Waals surface area contributed by atoms with Gasteiger partial charge in [-0.05, 0) is 32.9 Å². The minimum atomic E-state index is -0.487. The van der Waals surface area contributed by atoms with Gasteiger partial charge in [-0.15, -0.1) is 0 Å². The van der Waals surface area contributed by atoms with Gasteiger partial charge in [-0.2, -0.15) is 0 Å². The summed E-state index contributed by atoms with van der Waals surface area (Å²) in [7, 11) is 0. The van der Waals surface area contributed by atoms with Crippen LogP contribution in [0.3, 0.4) is 0 Å². The fourth-order valence-electron chi connectivity index (χ4n) is 1.55. The first kappa shape index (κ1) is 13.1. The van der Waals surface area contributed by atoms with Crippen molar-refractivity contribution in [3.63, 3.8) is 0 Å². The highest BCUT2D eigenvalue weighted by Crippen LogP contribution is 2.15. The molecule has 0 fully saturated rings. The lowest BCUT2D eigenvalue weighted by Gasteiger charge is -2.19. The number of amides is 1. The summed E-state index contributed by atoms with van der Waals surface area (Å²) in [5.74, 6) is 0.410. The maximum Gasteiger partial charge on any atom is 0.413 e. The molecule has 0 saturated heterocycles. The van der Waals surface area contributed by atoms with Crippen LogP contribution >= 0.6 is 0 Å². The predicted molar refractivity (Wildman–Crippen MR) is 72.5 cm³/mol. The van der Waals surface area contributed by atoms with Gasteiger partial charge in [0.05, 0.1) is 18.1 Å². The van der Waals surface area contributed by atoms with Gasteiger partial charge >= 0.3 is 6.09 Å². The summed E-state index contributed by atoms with van der Waals surface area (Å²) < 4.78 is 7.09. The Balaban J connectivity index is 2.10. The number of nitrogens with zero attached hydrogens (tertiary/aromatic N) is 2. The van der Waals surface area contributed by atoms with Gasteiger partial charge in [-0.25, -0.2) is 4.79 Å². The first-order chi connectivity index (χ1) is 8.94. The summed E-state index contributed by atoms with van der Waals surface area (Å²) in [6, 6.07) is 5.59. The summed E-state index contributed by atoms with van der Waals surface area (Å²) >= 11 is 0. The Labute approximate surface area is 112 Å². The highest BCUT2D eigenvalue weighted by atomic mass is 16.6. The second kappa shape index (κ2) is 5.14. The van der Waals surface area contributed by atoms with E-state index in [-0.39, 0.29) is 5.54 Å². The van der Waals surface area contributed by atoms with E-state index in [0.717, 1.165) is 5.69 Å². The zero-order valence-corrected chi connectivity index (χ0v) is 11.3. The number of hydrogen-bond acceptors (Lipinski definition) is 3. The van der Waals surface area contributed by atoms with Gasteiger partial charge < -0.3 is 14.6 Å². The zero-order chi connectivity index (χ0) is 13.9. The van der Waals surface area contributed by atoms with Crippen LogP contribution in [0.4, 0.5) is 4.79 Å². The quantitative estimate of drug-likeness (QED) is 0.902. The zero-order valence-electron chi connectivity index (χ0n) is 11.3. The molecule has 1 N–H and O–H groups in total. The van der Waals surface area contributed by atoms with Crippen LogP contribution in [0.5, 0.6) is 5.75 Å². The maximum atomic E-state index is 11.7. The number of nitrogens with one attached hydrogen (secondary N) is 1. The van der Waals surface area contributed by atoms with Crippen LogP contribution in [0.15, 0.2) is 43.0 Å². The SMILES string of the molecule is CC(C)(C)NC(=O)Oc1cncc(-n2cccc2)c1. The van der Waals surface area contributed by atoms with E-state index in [1.54, 1.807) is 12.3 Å². The van der Waals surface area contributed by atoms with Crippen LogP contribution in [0.2, 0.25) is 0 Å². The van der Waals surface area contributed by atoms with Crippen LogP contribution in [0.1, 0.15) is 20.8 Å². The minimum Gasteiger partial charge on any atom is -0.409 e. The molecule has 100 valence electrons. The monoisotopic (exact) mass is 259 g/mol. The van der Waals surface area contributed by atoms with Crippen LogP contribution in [-0.2, 0) is 0 Å². The molecule has 0 atom stereocenters. The number of rotatable bonds is 2. The fraction of sp³-hybridized carbons (Fsp3) is 0.286. The van der Waals surface area contributed by atoms with Crippen molar-refractivity contribution in [1.82, 2.24) is 14.9 Å². The molecule has 0 aliphatic rings. The van der Waals surface area contributed by atoms with Crippen molar-refractivity contribution in [1.29, 1.82) is 0 Å². The second-order valence-corrected chi connectivity index (χ2v) is 5.23. The Kier molecular flexibility index (Phi) is 3.55. The summed E-state index contributed by atoms with van der Waals surface area (Å²) in [6.07, 6.45) is 6.52. The fourth-order valence-corrected chi connectivity index (χ4v) is 1.55. The lowest BCUT2D eigenvalue weighted by atomic mass is 10.1. The van der Waals surface area contributed by atoms with Crippen molar-refractivity contribution in [3.05, 3.63) is 43.0 Å². The Morgan fingerprint density at radius 1 is 1.26 bits per heavy atom. The third kappa shape index (κ3) is 3.84. The molecule has 0 aromatic carbocycles. The van der Waals surface area contributed by atoms with Gasteiger partial charge in [0.15, 0.2) is 5.75 Å².